The number of likely N-dealkylation sites (tertiary alicyclic amines) is 1. The summed E-state index contributed by atoms with van der Waals surface area (Å²) in [7, 11) is 6.35. The molecule has 2 heterocycles. The lowest BCUT2D eigenvalue weighted by Gasteiger charge is -2.27. The number of hydrogen-bond acceptors (Lipinski definition) is 4. The standard InChI is InChI=1S/C15H26N4/c1-12(16-2)13-7-8-17-15(10-13)19(4)11-14-6-5-9-18(14)3/h7-8,10,12,14,16H,5-6,9,11H2,1-4H3. The average Bonchev–Trinajstić information content (AvgIpc) is 2.83. The van der Waals surface area contributed by atoms with Gasteiger partial charge in [0.15, 0.2) is 0 Å². The number of likely N-dealkylation sites (N-methyl/N-ethyl adjacent to an activating group) is 2. The Bertz CT molecular complexity index is 407. The van der Waals surface area contributed by atoms with Gasteiger partial charge in [0.1, 0.15) is 5.82 Å². The Labute approximate surface area is 116 Å². The summed E-state index contributed by atoms with van der Waals surface area (Å²) in [4.78, 5) is 9.23. The van der Waals surface area contributed by atoms with Gasteiger partial charge in [-0.15, -0.1) is 0 Å². The molecule has 0 bridgehead atoms. The van der Waals surface area contributed by atoms with Gasteiger partial charge < -0.3 is 15.1 Å². The third kappa shape index (κ3) is 3.45. The molecule has 0 amide bonds. The van der Waals surface area contributed by atoms with E-state index in [2.05, 4.69) is 53.3 Å². The summed E-state index contributed by atoms with van der Waals surface area (Å²) >= 11 is 0. The summed E-state index contributed by atoms with van der Waals surface area (Å²) in [5, 5.41) is 3.27. The molecule has 1 aromatic heterocycles. The Balaban J connectivity index is 2.04. The van der Waals surface area contributed by atoms with E-state index in [1.165, 1.54) is 24.9 Å². The number of hydrogen-bond donors (Lipinski definition) is 1. The molecular formula is C15H26N4. The van der Waals surface area contributed by atoms with Crippen molar-refractivity contribution in [2.24, 2.45) is 0 Å². The monoisotopic (exact) mass is 262 g/mol. The van der Waals surface area contributed by atoms with E-state index in [4.69, 9.17) is 0 Å². The van der Waals surface area contributed by atoms with Crippen LogP contribution in [0.4, 0.5) is 5.82 Å². The van der Waals surface area contributed by atoms with Crippen molar-refractivity contribution in [1.29, 1.82) is 0 Å². The third-order valence-electron chi connectivity index (χ3n) is 4.25. The second-order valence-electron chi connectivity index (χ2n) is 5.61. The van der Waals surface area contributed by atoms with Crippen LogP contribution >= 0.6 is 0 Å². The fourth-order valence-corrected chi connectivity index (χ4v) is 2.70. The van der Waals surface area contributed by atoms with Gasteiger partial charge >= 0.3 is 0 Å². The number of pyridine rings is 1. The molecule has 4 heteroatoms. The summed E-state index contributed by atoms with van der Waals surface area (Å²) < 4.78 is 0. The van der Waals surface area contributed by atoms with Crippen LogP contribution in [0.15, 0.2) is 18.3 Å². The molecule has 1 aromatic rings. The van der Waals surface area contributed by atoms with Crippen LogP contribution in [0.1, 0.15) is 31.4 Å². The maximum atomic E-state index is 4.50. The normalized spacial score (nSPS) is 21.6. The molecule has 1 aliphatic rings. The zero-order valence-corrected chi connectivity index (χ0v) is 12.6. The fraction of sp³-hybridized carbons (Fsp3) is 0.667. The minimum atomic E-state index is 0.365. The Hall–Kier alpha value is -1.13. The summed E-state index contributed by atoms with van der Waals surface area (Å²) in [6.07, 6.45) is 4.53. The van der Waals surface area contributed by atoms with Crippen molar-refractivity contribution in [1.82, 2.24) is 15.2 Å². The predicted molar refractivity (Wildman–Crippen MR) is 80.6 cm³/mol. The van der Waals surface area contributed by atoms with Crippen LogP contribution in [0, 0.1) is 0 Å². The highest BCUT2D eigenvalue weighted by Gasteiger charge is 2.22. The Morgan fingerprint density at radius 2 is 2.37 bits per heavy atom. The van der Waals surface area contributed by atoms with Gasteiger partial charge in [-0.2, -0.15) is 0 Å². The van der Waals surface area contributed by atoms with Crippen molar-refractivity contribution in [3.05, 3.63) is 23.9 Å². The van der Waals surface area contributed by atoms with E-state index in [0.29, 0.717) is 12.1 Å². The lowest BCUT2D eigenvalue weighted by atomic mass is 10.1. The van der Waals surface area contributed by atoms with Gasteiger partial charge in [0, 0.05) is 31.9 Å². The van der Waals surface area contributed by atoms with E-state index in [0.717, 1.165) is 12.4 Å². The molecule has 1 saturated heterocycles. The zero-order chi connectivity index (χ0) is 13.8. The van der Waals surface area contributed by atoms with E-state index in [9.17, 15) is 0 Å². The summed E-state index contributed by atoms with van der Waals surface area (Å²) in [5.41, 5.74) is 1.29. The Morgan fingerprint density at radius 3 is 3.00 bits per heavy atom. The molecule has 2 rings (SSSR count). The van der Waals surface area contributed by atoms with Gasteiger partial charge in [0.25, 0.3) is 0 Å². The average molecular weight is 262 g/mol. The van der Waals surface area contributed by atoms with Crippen molar-refractivity contribution in [3.8, 4) is 0 Å². The van der Waals surface area contributed by atoms with Crippen LogP contribution in [0.5, 0.6) is 0 Å². The van der Waals surface area contributed by atoms with Gasteiger partial charge in [-0.05, 0) is 58.1 Å². The number of nitrogens with zero attached hydrogens (tertiary/aromatic N) is 3. The first kappa shape index (κ1) is 14.3. The fourth-order valence-electron chi connectivity index (χ4n) is 2.70. The number of rotatable bonds is 5. The first-order chi connectivity index (χ1) is 9.11. The van der Waals surface area contributed by atoms with E-state index < -0.39 is 0 Å². The highest BCUT2D eigenvalue weighted by Crippen LogP contribution is 2.20. The zero-order valence-electron chi connectivity index (χ0n) is 12.6. The van der Waals surface area contributed by atoms with Gasteiger partial charge in [0.05, 0.1) is 0 Å². The van der Waals surface area contributed by atoms with Crippen LogP contribution in [0.25, 0.3) is 0 Å². The topological polar surface area (TPSA) is 31.4 Å². The quantitative estimate of drug-likeness (QED) is 0.878. The molecule has 4 nitrogen and oxygen atoms in total. The molecule has 1 N–H and O–H groups in total. The van der Waals surface area contributed by atoms with Crippen LogP contribution in [-0.4, -0.2) is 50.2 Å². The van der Waals surface area contributed by atoms with Gasteiger partial charge in [0.2, 0.25) is 0 Å². The van der Waals surface area contributed by atoms with E-state index in [-0.39, 0.29) is 0 Å². The number of aromatic nitrogens is 1. The molecule has 0 aromatic carbocycles. The van der Waals surface area contributed by atoms with Gasteiger partial charge in [-0.25, -0.2) is 4.98 Å². The molecule has 1 fully saturated rings. The van der Waals surface area contributed by atoms with E-state index >= 15 is 0 Å². The van der Waals surface area contributed by atoms with Gasteiger partial charge in [-0.3, -0.25) is 0 Å². The first-order valence-electron chi connectivity index (χ1n) is 7.16. The molecular weight excluding hydrogens is 236 g/mol. The lowest BCUT2D eigenvalue weighted by Crippen LogP contribution is -2.37. The van der Waals surface area contributed by atoms with Crippen molar-refractivity contribution in [2.75, 3.05) is 39.1 Å². The smallest absolute Gasteiger partial charge is 0.128 e. The Kier molecular flexibility index (Phi) is 4.77. The highest BCUT2D eigenvalue weighted by molar-refractivity contribution is 5.41. The molecule has 0 radical (unpaired) electrons. The highest BCUT2D eigenvalue weighted by atomic mass is 15.2. The van der Waals surface area contributed by atoms with E-state index in [1.807, 2.05) is 13.2 Å². The minimum Gasteiger partial charge on any atom is -0.358 e. The molecule has 0 spiro atoms. The van der Waals surface area contributed by atoms with Crippen molar-refractivity contribution in [3.63, 3.8) is 0 Å². The summed E-state index contributed by atoms with van der Waals surface area (Å²) in [6, 6.07) is 5.30. The molecule has 0 aliphatic carbocycles. The van der Waals surface area contributed by atoms with Crippen molar-refractivity contribution in [2.45, 2.75) is 31.8 Å². The van der Waals surface area contributed by atoms with Crippen LogP contribution in [0.2, 0.25) is 0 Å². The summed E-state index contributed by atoms with van der Waals surface area (Å²) in [5.74, 6) is 1.07. The largest absolute Gasteiger partial charge is 0.358 e. The molecule has 2 unspecified atom stereocenters. The molecule has 1 aliphatic heterocycles. The van der Waals surface area contributed by atoms with Crippen LogP contribution < -0.4 is 10.2 Å². The first-order valence-corrected chi connectivity index (χ1v) is 7.16. The maximum absolute atomic E-state index is 4.50. The second-order valence-corrected chi connectivity index (χ2v) is 5.61. The molecule has 0 saturated carbocycles. The maximum Gasteiger partial charge on any atom is 0.128 e. The summed E-state index contributed by atoms with van der Waals surface area (Å²) in [6.45, 7) is 4.45. The SMILES string of the molecule is CNC(C)c1ccnc(N(C)CC2CCCN2C)c1. The molecule has 2 atom stereocenters. The number of anilines is 1. The number of nitrogens with one attached hydrogen (secondary N) is 1. The van der Waals surface area contributed by atoms with Gasteiger partial charge in [-0.1, -0.05) is 0 Å². The van der Waals surface area contributed by atoms with Crippen molar-refractivity contribution < 1.29 is 0 Å². The Morgan fingerprint density at radius 1 is 1.58 bits per heavy atom. The molecule has 19 heavy (non-hydrogen) atoms. The molecule has 106 valence electrons. The predicted octanol–water partition coefficient (Wildman–Crippen LogP) is 1.89. The minimum absolute atomic E-state index is 0.365. The van der Waals surface area contributed by atoms with Crippen LogP contribution in [-0.2, 0) is 0 Å². The van der Waals surface area contributed by atoms with Crippen molar-refractivity contribution >= 4 is 5.82 Å². The second kappa shape index (κ2) is 6.35. The lowest BCUT2D eigenvalue weighted by molar-refractivity contribution is 0.314. The van der Waals surface area contributed by atoms with Crippen LogP contribution in [0.3, 0.4) is 0 Å². The third-order valence-corrected chi connectivity index (χ3v) is 4.25. The van der Waals surface area contributed by atoms with E-state index in [1.54, 1.807) is 0 Å².